The highest BCUT2D eigenvalue weighted by molar-refractivity contribution is 6.13. The minimum absolute atomic E-state index is 0.217. The lowest BCUT2D eigenvalue weighted by molar-refractivity contribution is 0.627. The minimum Gasteiger partial charge on any atom is -0.294 e. The fourth-order valence-electron chi connectivity index (χ4n) is 6.46. The van der Waals surface area contributed by atoms with E-state index in [1.807, 2.05) is 49.5 Å². The molecule has 0 bridgehead atoms. The summed E-state index contributed by atoms with van der Waals surface area (Å²) in [5.41, 5.74) is 11.5. The van der Waals surface area contributed by atoms with Gasteiger partial charge in [0, 0.05) is 34.1 Å². The summed E-state index contributed by atoms with van der Waals surface area (Å²) in [6, 6.07) is 40.3. The van der Waals surface area contributed by atoms with Gasteiger partial charge in [0.05, 0.1) is 11.4 Å². The van der Waals surface area contributed by atoms with Gasteiger partial charge < -0.3 is 0 Å². The summed E-state index contributed by atoms with van der Waals surface area (Å²) in [6.45, 7) is 10.9. The van der Waals surface area contributed by atoms with Gasteiger partial charge in [-0.05, 0) is 77.9 Å². The largest absolute Gasteiger partial charge is 0.294 e. The number of aliphatic imine (C=N–C) groups is 2. The molecule has 0 saturated heterocycles. The van der Waals surface area contributed by atoms with E-state index in [1.165, 1.54) is 22.3 Å². The Hall–Kier alpha value is -5.61. The van der Waals surface area contributed by atoms with Crippen LogP contribution in [0, 0.1) is 0 Å². The van der Waals surface area contributed by atoms with Gasteiger partial charge in [0.2, 0.25) is 0 Å². The molecule has 0 spiro atoms. The van der Waals surface area contributed by atoms with E-state index in [9.17, 15) is 0 Å². The van der Waals surface area contributed by atoms with Crippen molar-refractivity contribution in [2.24, 2.45) is 9.98 Å². The van der Waals surface area contributed by atoms with Gasteiger partial charge in [0.25, 0.3) is 0 Å². The van der Waals surface area contributed by atoms with Crippen molar-refractivity contribution < 1.29 is 0 Å². The molecule has 0 amide bonds. The Morgan fingerprint density at radius 3 is 2.21 bits per heavy atom. The van der Waals surface area contributed by atoms with Crippen molar-refractivity contribution >= 4 is 34.4 Å². The van der Waals surface area contributed by atoms with Crippen molar-refractivity contribution in [2.75, 3.05) is 4.90 Å². The minimum atomic E-state index is -0.217. The van der Waals surface area contributed by atoms with Gasteiger partial charge in [0.1, 0.15) is 5.82 Å². The normalized spacial score (nSPS) is 15.5. The highest BCUT2D eigenvalue weighted by Gasteiger charge is 2.38. The third-order valence-corrected chi connectivity index (χ3v) is 9.11. The van der Waals surface area contributed by atoms with Gasteiger partial charge in [-0.1, -0.05) is 124 Å². The number of benzene rings is 4. The molecule has 1 aliphatic heterocycles. The van der Waals surface area contributed by atoms with E-state index < -0.39 is 0 Å². The summed E-state index contributed by atoms with van der Waals surface area (Å²) >= 11 is 0. The van der Waals surface area contributed by atoms with Gasteiger partial charge in [-0.15, -0.1) is 0 Å². The summed E-state index contributed by atoms with van der Waals surface area (Å²) in [4.78, 5) is 17.2. The molecule has 1 aliphatic carbocycles. The number of hydrogen-bond donors (Lipinski definition) is 0. The maximum Gasteiger partial charge on any atom is 0.159 e. The van der Waals surface area contributed by atoms with Crippen LogP contribution in [-0.4, -0.2) is 16.5 Å². The van der Waals surface area contributed by atoms with E-state index in [0.717, 1.165) is 52.4 Å². The Kier molecular flexibility index (Phi) is 8.09. The van der Waals surface area contributed by atoms with Crippen LogP contribution < -0.4 is 4.90 Å². The predicted octanol–water partition coefficient (Wildman–Crippen LogP) is 11.0. The lowest BCUT2D eigenvalue weighted by atomic mass is 9.74. The maximum atomic E-state index is 5.07. The summed E-state index contributed by atoms with van der Waals surface area (Å²) < 4.78 is 0. The smallest absolute Gasteiger partial charge is 0.159 e. The SMILES string of the molecule is C=C(N=C(N=C(C)c1ccc(N2c3ccc(-c4ccccc4)cc3C(C)(C)c3cccnc32)cc1)C1=CCCC=C1)c1ccccc1. The number of fused-ring (bicyclic) bond motifs is 2. The van der Waals surface area contributed by atoms with Gasteiger partial charge in [0.15, 0.2) is 5.84 Å². The first-order valence-electron chi connectivity index (χ1n) is 16.2. The van der Waals surface area contributed by atoms with E-state index >= 15 is 0 Å². The number of nitrogens with zero attached hydrogens (tertiary/aromatic N) is 4. The van der Waals surface area contributed by atoms with E-state index in [4.69, 9.17) is 15.0 Å². The molecule has 7 rings (SSSR count). The third-order valence-electron chi connectivity index (χ3n) is 9.11. The molecule has 0 unspecified atom stereocenters. The van der Waals surface area contributed by atoms with Crippen LogP contribution in [0.25, 0.3) is 16.8 Å². The number of rotatable bonds is 6. The Morgan fingerprint density at radius 2 is 1.49 bits per heavy atom. The number of amidine groups is 1. The molecule has 0 N–H and O–H groups in total. The monoisotopic (exact) mass is 610 g/mol. The number of allylic oxidation sites excluding steroid dienone is 2. The van der Waals surface area contributed by atoms with Gasteiger partial charge in [-0.3, -0.25) is 4.90 Å². The van der Waals surface area contributed by atoms with E-state index in [1.54, 1.807) is 0 Å². The van der Waals surface area contributed by atoms with Crippen LogP contribution in [0.5, 0.6) is 0 Å². The fraction of sp³-hybridized carbons (Fsp3) is 0.140. The van der Waals surface area contributed by atoms with Crippen LogP contribution in [0.3, 0.4) is 0 Å². The molecule has 5 aromatic rings. The molecule has 0 fully saturated rings. The van der Waals surface area contributed by atoms with Crippen molar-refractivity contribution in [1.29, 1.82) is 0 Å². The van der Waals surface area contributed by atoms with Crippen LogP contribution >= 0.6 is 0 Å². The van der Waals surface area contributed by atoms with Crippen LogP contribution in [0.15, 0.2) is 162 Å². The standard InChI is InChI=1S/C43H38N4/c1-30(32-15-8-5-9-16-32)45-41(35-19-12-7-13-20-35)46-31(2)33-22-25-37(26-23-33)47-40-27-24-36(34-17-10-6-11-18-34)29-39(40)43(3,4)38-21-14-28-44-42(38)47/h5-6,8-12,14-29H,1,7,13H2,2-4H3. The zero-order chi connectivity index (χ0) is 32.4. The molecule has 2 heterocycles. The Balaban J connectivity index is 1.26. The average molecular weight is 611 g/mol. The Morgan fingerprint density at radius 1 is 0.745 bits per heavy atom. The highest BCUT2D eigenvalue weighted by Crippen LogP contribution is 2.51. The van der Waals surface area contributed by atoms with Crippen molar-refractivity contribution in [3.63, 3.8) is 0 Å². The van der Waals surface area contributed by atoms with Crippen molar-refractivity contribution in [3.8, 4) is 11.1 Å². The predicted molar refractivity (Wildman–Crippen MR) is 198 cm³/mol. The van der Waals surface area contributed by atoms with Gasteiger partial charge in [-0.2, -0.15) is 0 Å². The number of aromatic nitrogens is 1. The molecule has 4 nitrogen and oxygen atoms in total. The molecule has 4 aromatic carbocycles. The average Bonchev–Trinajstić information content (AvgIpc) is 3.12. The maximum absolute atomic E-state index is 5.07. The zero-order valence-corrected chi connectivity index (χ0v) is 27.2. The first-order chi connectivity index (χ1) is 22.9. The lowest BCUT2D eigenvalue weighted by Gasteiger charge is -2.41. The van der Waals surface area contributed by atoms with Crippen LogP contribution in [0.4, 0.5) is 17.2 Å². The van der Waals surface area contributed by atoms with Crippen LogP contribution in [-0.2, 0) is 5.41 Å². The Bertz CT molecular complexity index is 2060. The lowest BCUT2D eigenvalue weighted by Crippen LogP contribution is -2.31. The zero-order valence-electron chi connectivity index (χ0n) is 27.2. The molecule has 4 heteroatoms. The Labute approximate surface area is 277 Å². The van der Waals surface area contributed by atoms with Gasteiger partial charge in [-0.25, -0.2) is 15.0 Å². The van der Waals surface area contributed by atoms with E-state index in [-0.39, 0.29) is 5.41 Å². The van der Waals surface area contributed by atoms with E-state index in [2.05, 4.69) is 122 Å². The summed E-state index contributed by atoms with van der Waals surface area (Å²) in [6.07, 6.45) is 10.4. The van der Waals surface area contributed by atoms with Crippen molar-refractivity contribution in [1.82, 2.24) is 4.98 Å². The fourth-order valence-corrected chi connectivity index (χ4v) is 6.46. The van der Waals surface area contributed by atoms with Crippen LogP contribution in [0.2, 0.25) is 0 Å². The summed E-state index contributed by atoms with van der Waals surface area (Å²) in [5.74, 6) is 1.64. The molecular weight excluding hydrogens is 573 g/mol. The quantitative estimate of drug-likeness (QED) is 0.142. The van der Waals surface area contributed by atoms with Crippen molar-refractivity contribution in [3.05, 3.63) is 174 Å². The molecule has 1 aromatic heterocycles. The number of pyridine rings is 1. The summed E-state index contributed by atoms with van der Waals surface area (Å²) in [7, 11) is 0. The second kappa shape index (κ2) is 12.6. The summed E-state index contributed by atoms with van der Waals surface area (Å²) in [5, 5.41) is 0. The second-order valence-electron chi connectivity index (χ2n) is 12.6. The molecule has 230 valence electrons. The van der Waals surface area contributed by atoms with E-state index in [0.29, 0.717) is 11.5 Å². The molecule has 0 atom stereocenters. The van der Waals surface area contributed by atoms with Crippen molar-refractivity contribution in [2.45, 2.75) is 39.0 Å². The number of anilines is 3. The number of hydrogen-bond acceptors (Lipinski definition) is 3. The molecule has 2 aliphatic rings. The first kappa shape index (κ1) is 30.1. The molecule has 0 radical (unpaired) electrons. The highest BCUT2D eigenvalue weighted by atomic mass is 15.2. The molecule has 0 saturated carbocycles. The van der Waals surface area contributed by atoms with Crippen LogP contribution in [0.1, 0.15) is 55.9 Å². The first-order valence-corrected chi connectivity index (χ1v) is 16.2. The topological polar surface area (TPSA) is 40.9 Å². The molecular formula is C43H38N4. The third kappa shape index (κ3) is 5.91. The molecule has 47 heavy (non-hydrogen) atoms. The second-order valence-corrected chi connectivity index (χ2v) is 12.6. The van der Waals surface area contributed by atoms with Gasteiger partial charge >= 0.3 is 0 Å².